The topological polar surface area (TPSA) is 184 Å². The van der Waals surface area contributed by atoms with Gasteiger partial charge in [-0.2, -0.15) is 0 Å². The Bertz CT molecular complexity index is 1200. The van der Waals surface area contributed by atoms with Crippen LogP contribution in [0, 0.1) is 18.3 Å². The summed E-state index contributed by atoms with van der Waals surface area (Å²) in [5.74, 6) is -2.16. The molecular formula is C34H55NO11. The van der Waals surface area contributed by atoms with Crippen LogP contribution in [0.25, 0.3) is 0 Å². The highest BCUT2D eigenvalue weighted by molar-refractivity contribution is 5.81. The number of methoxy groups -OCH3 is 2. The van der Waals surface area contributed by atoms with E-state index >= 15 is 0 Å². The van der Waals surface area contributed by atoms with Gasteiger partial charge in [0.25, 0.3) is 5.91 Å². The van der Waals surface area contributed by atoms with Gasteiger partial charge in [0, 0.05) is 56.4 Å². The third-order valence-corrected chi connectivity index (χ3v) is 9.27. The first-order chi connectivity index (χ1) is 21.5. The second-order valence-corrected chi connectivity index (χ2v) is 12.8. The van der Waals surface area contributed by atoms with Crippen LogP contribution < -0.4 is 5.32 Å². The second kappa shape index (κ2) is 16.9. The Morgan fingerprint density at radius 3 is 2.33 bits per heavy atom. The van der Waals surface area contributed by atoms with Crippen LogP contribution in [0.15, 0.2) is 18.2 Å². The normalized spacial score (nSPS) is 25.7. The Morgan fingerprint density at radius 1 is 1.13 bits per heavy atom. The monoisotopic (exact) mass is 653 g/mol. The number of hydrogen-bond acceptors (Lipinski definition) is 11. The van der Waals surface area contributed by atoms with Crippen molar-refractivity contribution >= 4 is 11.9 Å². The van der Waals surface area contributed by atoms with Gasteiger partial charge in [0.15, 0.2) is 12.3 Å². The Kier molecular flexibility index (Phi) is 14.5. The van der Waals surface area contributed by atoms with Crippen molar-refractivity contribution in [3.8, 4) is 11.5 Å². The molecule has 2 aliphatic rings. The minimum Gasteiger partial charge on any atom is -0.508 e. The summed E-state index contributed by atoms with van der Waals surface area (Å²) in [5.41, 5.74) is 1.45. The van der Waals surface area contributed by atoms with E-state index < -0.39 is 72.2 Å². The van der Waals surface area contributed by atoms with Crippen molar-refractivity contribution in [2.45, 2.75) is 130 Å². The molecule has 0 saturated carbocycles. The van der Waals surface area contributed by atoms with Crippen molar-refractivity contribution < 1.29 is 54.1 Å². The van der Waals surface area contributed by atoms with Gasteiger partial charge in [0.1, 0.15) is 23.7 Å². The first kappa shape index (κ1) is 39.4. The summed E-state index contributed by atoms with van der Waals surface area (Å²) in [4.78, 5) is 25.6. The van der Waals surface area contributed by atoms with E-state index in [2.05, 4.69) is 11.9 Å². The van der Waals surface area contributed by atoms with Crippen molar-refractivity contribution in [3.63, 3.8) is 0 Å². The summed E-state index contributed by atoms with van der Waals surface area (Å²) < 4.78 is 22.8. The van der Waals surface area contributed by atoms with Gasteiger partial charge in [-0.25, -0.2) is 0 Å². The molecule has 1 aromatic rings. The fourth-order valence-electron chi connectivity index (χ4n) is 6.01. The number of rotatable bonds is 12. The summed E-state index contributed by atoms with van der Waals surface area (Å²) in [6, 6.07) is 1.21. The van der Waals surface area contributed by atoms with E-state index in [0.29, 0.717) is 16.7 Å². The SMILES string of the molecule is C=C(C)CC(OC)C(O)C(=O)NC(OC)C1CC(O)C(C)(C)C(CC(O)C(C)C2Cc3c(C)c(O)cc(O)c3CC(=O)O2)O1.CC. The third-order valence-electron chi connectivity index (χ3n) is 9.27. The molecule has 9 atom stereocenters. The highest BCUT2D eigenvalue weighted by Gasteiger charge is 2.48. The van der Waals surface area contributed by atoms with Crippen LogP contribution in [0.3, 0.4) is 0 Å². The number of benzene rings is 1. The molecule has 12 heteroatoms. The Morgan fingerprint density at radius 2 is 1.76 bits per heavy atom. The van der Waals surface area contributed by atoms with Gasteiger partial charge < -0.3 is 49.8 Å². The number of phenolic OH excluding ortho intramolecular Hbond substituents is 2. The molecule has 1 fully saturated rings. The van der Waals surface area contributed by atoms with E-state index in [1.807, 2.05) is 27.7 Å². The molecule has 0 spiro atoms. The second-order valence-electron chi connectivity index (χ2n) is 12.8. The van der Waals surface area contributed by atoms with Gasteiger partial charge in [0.2, 0.25) is 0 Å². The van der Waals surface area contributed by atoms with E-state index in [4.69, 9.17) is 18.9 Å². The predicted octanol–water partition coefficient (Wildman–Crippen LogP) is 2.81. The number of amides is 1. The lowest BCUT2D eigenvalue weighted by molar-refractivity contribution is -0.217. The summed E-state index contributed by atoms with van der Waals surface area (Å²) in [6.07, 6.45) is -7.07. The summed E-state index contributed by atoms with van der Waals surface area (Å²) in [5, 5.41) is 56.4. The molecule has 2 heterocycles. The van der Waals surface area contributed by atoms with Crippen molar-refractivity contribution in [2.75, 3.05) is 14.2 Å². The average molecular weight is 654 g/mol. The molecule has 12 nitrogen and oxygen atoms in total. The molecule has 0 aromatic heterocycles. The number of aliphatic hydroxyl groups excluding tert-OH is 3. The maximum atomic E-state index is 12.9. The molecule has 2 aliphatic heterocycles. The zero-order valence-electron chi connectivity index (χ0n) is 28.7. The number of carbonyl (C=O) groups excluding carboxylic acids is 2. The van der Waals surface area contributed by atoms with Gasteiger partial charge in [-0.1, -0.05) is 40.2 Å². The summed E-state index contributed by atoms with van der Waals surface area (Å²) >= 11 is 0. The predicted molar refractivity (Wildman–Crippen MR) is 171 cm³/mol. The fourth-order valence-corrected chi connectivity index (χ4v) is 6.01. The number of fused-ring (bicyclic) bond motifs is 1. The number of ether oxygens (including phenoxy) is 4. The molecule has 46 heavy (non-hydrogen) atoms. The lowest BCUT2D eigenvalue weighted by Gasteiger charge is -2.48. The molecule has 3 rings (SSSR count). The van der Waals surface area contributed by atoms with Gasteiger partial charge in [0.05, 0.1) is 30.8 Å². The largest absolute Gasteiger partial charge is 0.508 e. The summed E-state index contributed by atoms with van der Waals surface area (Å²) in [7, 11) is 2.76. The van der Waals surface area contributed by atoms with Crippen molar-refractivity contribution in [1.29, 1.82) is 0 Å². The third kappa shape index (κ3) is 9.20. The fraction of sp³-hybridized carbons (Fsp3) is 0.706. The van der Waals surface area contributed by atoms with Crippen LogP contribution in [-0.4, -0.2) is 101 Å². The van der Waals surface area contributed by atoms with Crippen LogP contribution in [0.4, 0.5) is 0 Å². The van der Waals surface area contributed by atoms with E-state index in [1.54, 1.807) is 20.8 Å². The zero-order chi connectivity index (χ0) is 35.1. The molecule has 1 saturated heterocycles. The number of cyclic esters (lactones) is 1. The average Bonchev–Trinajstić information content (AvgIpc) is 3.19. The lowest BCUT2D eigenvalue weighted by atomic mass is 9.73. The number of carbonyl (C=O) groups is 2. The maximum Gasteiger partial charge on any atom is 0.310 e. The van der Waals surface area contributed by atoms with Crippen LogP contribution in [0.1, 0.15) is 77.5 Å². The van der Waals surface area contributed by atoms with Crippen molar-refractivity contribution in [2.24, 2.45) is 11.3 Å². The highest BCUT2D eigenvalue weighted by Crippen LogP contribution is 2.41. The number of hydrogen-bond donors (Lipinski definition) is 6. The molecule has 262 valence electrons. The van der Waals surface area contributed by atoms with E-state index in [1.165, 1.54) is 20.3 Å². The lowest BCUT2D eigenvalue weighted by Crippen LogP contribution is -2.59. The first-order valence-electron chi connectivity index (χ1n) is 15.9. The Labute approximate surface area is 272 Å². The Balaban J connectivity index is 0.00000361. The Hall–Kier alpha value is -2.74. The van der Waals surface area contributed by atoms with Gasteiger partial charge >= 0.3 is 5.97 Å². The standard InChI is InChI=1S/C32H49NO11.C2H6/c1-15(2)9-24(41-7)29(39)30(40)33-31(42-8)25-14-26(37)32(5,6)27(43-25)13-21(35)17(4)23-10-18-16(3)20(34)12-22(36)19(18)11-28(38)44-23;1-2/h12,17,21,23-27,29,31,34-37,39H,1,9-11,13-14H2,2-8H3,(H,33,40);1-2H3. The van der Waals surface area contributed by atoms with E-state index in [0.717, 1.165) is 5.57 Å². The number of aliphatic hydroxyl groups is 3. The van der Waals surface area contributed by atoms with Crippen LogP contribution in [0.5, 0.6) is 11.5 Å². The van der Waals surface area contributed by atoms with E-state index in [-0.39, 0.29) is 43.6 Å². The van der Waals surface area contributed by atoms with E-state index in [9.17, 15) is 35.1 Å². The number of aromatic hydroxyl groups is 2. The van der Waals surface area contributed by atoms with Crippen molar-refractivity contribution in [1.82, 2.24) is 5.32 Å². The molecule has 0 bridgehead atoms. The molecule has 9 unspecified atom stereocenters. The molecular weight excluding hydrogens is 598 g/mol. The quantitative estimate of drug-likeness (QED) is 0.111. The molecule has 1 amide bonds. The van der Waals surface area contributed by atoms with Crippen LogP contribution in [0.2, 0.25) is 0 Å². The van der Waals surface area contributed by atoms with Crippen molar-refractivity contribution in [3.05, 3.63) is 34.9 Å². The van der Waals surface area contributed by atoms with Crippen LogP contribution >= 0.6 is 0 Å². The number of phenols is 2. The van der Waals surface area contributed by atoms with Gasteiger partial charge in [-0.15, -0.1) is 6.58 Å². The van der Waals surface area contributed by atoms with Gasteiger partial charge in [-0.05, 0) is 31.4 Å². The molecule has 6 N–H and O–H groups in total. The number of esters is 1. The molecule has 0 aliphatic carbocycles. The summed E-state index contributed by atoms with van der Waals surface area (Å²) in [6.45, 7) is 16.6. The number of nitrogens with one attached hydrogen (secondary N) is 1. The molecule has 1 aromatic carbocycles. The van der Waals surface area contributed by atoms with Gasteiger partial charge in [-0.3, -0.25) is 9.59 Å². The minimum absolute atomic E-state index is 0.0598. The molecule has 0 radical (unpaired) electrons. The van der Waals surface area contributed by atoms with Crippen LogP contribution in [-0.2, 0) is 41.4 Å². The zero-order valence-corrected chi connectivity index (χ0v) is 28.7. The smallest absolute Gasteiger partial charge is 0.310 e. The first-order valence-corrected chi connectivity index (χ1v) is 15.9. The highest BCUT2D eigenvalue weighted by atomic mass is 16.6. The maximum absolute atomic E-state index is 12.9. The minimum atomic E-state index is -1.50.